The number of hydrogen-bond donors (Lipinski definition) is 2. The van der Waals surface area contributed by atoms with Gasteiger partial charge in [0.2, 0.25) is 5.91 Å². The third-order valence-corrected chi connectivity index (χ3v) is 6.74. The Bertz CT molecular complexity index is 545. The van der Waals surface area contributed by atoms with Crippen molar-refractivity contribution >= 4 is 35.8 Å². The molecule has 0 aromatic rings. The number of fused-ring (bicyclic) bond motifs is 3. The fourth-order valence-electron chi connectivity index (χ4n) is 5.12. The van der Waals surface area contributed by atoms with Gasteiger partial charge in [-0.2, -0.15) is 0 Å². The number of nitrogens with one attached hydrogen (secondary N) is 2. The number of amides is 1. The fraction of sp³-hybridized carbons (Fsp3) is 0.900. The number of aliphatic imine (C=N–C) groups is 1. The maximum Gasteiger partial charge on any atom is 0.225 e. The monoisotopic (exact) mass is 504 g/mol. The van der Waals surface area contributed by atoms with Gasteiger partial charge in [0.15, 0.2) is 5.96 Å². The molecule has 0 spiro atoms. The van der Waals surface area contributed by atoms with Gasteiger partial charge < -0.3 is 15.5 Å². The highest BCUT2D eigenvalue weighted by Crippen LogP contribution is 2.27. The van der Waals surface area contributed by atoms with E-state index in [0.717, 1.165) is 57.9 Å². The minimum Gasteiger partial charge on any atom is -0.357 e. The summed E-state index contributed by atoms with van der Waals surface area (Å²) < 4.78 is 0. The van der Waals surface area contributed by atoms with Crippen LogP contribution in [-0.4, -0.2) is 97.6 Å². The summed E-state index contributed by atoms with van der Waals surface area (Å²) in [7, 11) is 0. The van der Waals surface area contributed by atoms with Crippen LogP contribution in [0.15, 0.2) is 4.99 Å². The van der Waals surface area contributed by atoms with Crippen molar-refractivity contribution in [3.63, 3.8) is 0 Å². The smallest absolute Gasteiger partial charge is 0.225 e. The Hall–Kier alpha value is -0.610. The van der Waals surface area contributed by atoms with E-state index in [4.69, 9.17) is 4.99 Å². The standard InChI is InChI=1S/C20H36N6O.HI/c1-2-21-20(22-13-18-15-24-9-11-25(18)12-10-24)23-17-7-8-26(14-17)19(27)16-5-3-4-6-16;/h16-18H,2-15H2,1H3,(H2,21,22,23);1H. The van der Waals surface area contributed by atoms with Crippen molar-refractivity contribution in [2.45, 2.75) is 51.1 Å². The van der Waals surface area contributed by atoms with Gasteiger partial charge in [0, 0.05) is 70.4 Å². The van der Waals surface area contributed by atoms with E-state index in [-0.39, 0.29) is 29.9 Å². The second-order valence-corrected chi connectivity index (χ2v) is 8.61. The Kier molecular flexibility index (Phi) is 8.22. The molecule has 2 N–H and O–H groups in total. The molecule has 7 nitrogen and oxygen atoms in total. The molecule has 2 bridgehead atoms. The summed E-state index contributed by atoms with van der Waals surface area (Å²) in [4.78, 5) is 24.8. The van der Waals surface area contributed by atoms with Gasteiger partial charge in [-0.25, -0.2) is 0 Å². The lowest BCUT2D eigenvalue weighted by molar-refractivity contribution is -0.134. The summed E-state index contributed by atoms with van der Waals surface area (Å²) in [6.07, 6.45) is 5.64. The number of carbonyl (C=O) groups excluding carboxylic acids is 1. The first-order valence-electron chi connectivity index (χ1n) is 11.0. The molecule has 4 saturated heterocycles. The molecule has 1 aliphatic carbocycles. The van der Waals surface area contributed by atoms with Crippen LogP contribution in [0.25, 0.3) is 0 Å². The second kappa shape index (κ2) is 10.4. The zero-order valence-electron chi connectivity index (χ0n) is 17.2. The van der Waals surface area contributed by atoms with E-state index in [9.17, 15) is 4.79 Å². The van der Waals surface area contributed by atoms with E-state index in [2.05, 4.69) is 32.3 Å². The quantitative estimate of drug-likeness (QED) is 0.332. The van der Waals surface area contributed by atoms with E-state index in [1.54, 1.807) is 0 Å². The Morgan fingerprint density at radius 2 is 1.79 bits per heavy atom. The van der Waals surface area contributed by atoms with Crippen LogP contribution in [0, 0.1) is 5.92 Å². The summed E-state index contributed by atoms with van der Waals surface area (Å²) in [5.41, 5.74) is 0. The second-order valence-electron chi connectivity index (χ2n) is 8.61. The summed E-state index contributed by atoms with van der Waals surface area (Å²) >= 11 is 0. The number of likely N-dealkylation sites (tertiary alicyclic amines) is 1. The topological polar surface area (TPSA) is 63.2 Å². The van der Waals surface area contributed by atoms with Gasteiger partial charge in [-0.3, -0.25) is 19.6 Å². The Labute approximate surface area is 186 Å². The average Bonchev–Trinajstić information content (AvgIpc) is 3.39. The van der Waals surface area contributed by atoms with Gasteiger partial charge >= 0.3 is 0 Å². The third-order valence-electron chi connectivity index (χ3n) is 6.74. The van der Waals surface area contributed by atoms with Crippen molar-refractivity contribution in [2.24, 2.45) is 10.9 Å². The van der Waals surface area contributed by atoms with E-state index in [0.29, 0.717) is 18.0 Å². The molecule has 0 radical (unpaired) electrons. The molecule has 5 fully saturated rings. The van der Waals surface area contributed by atoms with Crippen molar-refractivity contribution in [1.29, 1.82) is 0 Å². The largest absolute Gasteiger partial charge is 0.357 e. The van der Waals surface area contributed by atoms with Gasteiger partial charge in [-0.15, -0.1) is 24.0 Å². The molecule has 0 aromatic heterocycles. The minimum atomic E-state index is 0. The maximum absolute atomic E-state index is 12.7. The Balaban J connectivity index is 0.00000225. The fourth-order valence-corrected chi connectivity index (χ4v) is 5.12. The SMILES string of the molecule is CCNC(=NCC1CN2CCN1CC2)NC1CCN(C(=O)C2CCCC2)C1.I. The van der Waals surface area contributed by atoms with Crippen molar-refractivity contribution in [1.82, 2.24) is 25.3 Å². The molecular formula is C20H37IN6O. The molecule has 1 amide bonds. The number of carbonyl (C=O) groups is 1. The summed E-state index contributed by atoms with van der Waals surface area (Å²) in [5.74, 6) is 1.59. The molecule has 4 aliphatic heterocycles. The van der Waals surface area contributed by atoms with Gasteiger partial charge in [0.25, 0.3) is 0 Å². The molecule has 1 saturated carbocycles. The number of rotatable bonds is 5. The van der Waals surface area contributed by atoms with E-state index in [1.807, 2.05) is 0 Å². The van der Waals surface area contributed by atoms with Gasteiger partial charge in [-0.05, 0) is 26.2 Å². The molecule has 5 rings (SSSR count). The molecule has 160 valence electrons. The van der Waals surface area contributed by atoms with Crippen LogP contribution < -0.4 is 10.6 Å². The number of guanidine groups is 1. The Morgan fingerprint density at radius 1 is 1.04 bits per heavy atom. The first-order chi connectivity index (χ1) is 13.2. The summed E-state index contributed by atoms with van der Waals surface area (Å²) in [6.45, 7) is 11.5. The van der Waals surface area contributed by atoms with Crippen molar-refractivity contribution in [2.75, 3.05) is 58.9 Å². The first kappa shape index (κ1) is 22.1. The van der Waals surface area contributed by atoms with Crippen molar-refractivity contribution in [3.8, 4) is 0 Å². The van der Waals surface area contributed by atoms with E-state index >= 15 is 0 Å². The van der Waals surface area contributed by atoms with Crippen LogP contribution in [0.1, 0.15) is 39.0 Å². The number of nitrogens with zero attached hydrogens (tertiary/aromatic N) is 4. The van der Waals surface area contributed by atoms with E-state index in [1.165, 1.54) is 39.0 Å². The van der Waals surface area contributed by atoms with Crippen LogP contribution >= 0.6 is 24.0 Å². The molecule has 28 heavy (non-hydrogen) atoms. The van der Waals surface area contributed by atoms with Gasteiger partial charge in [-0.1, -0.05) is 12.8 Å². The molecule has 8 heteroatoms. The predicted molar refractivity (Wildman–Crippen MR) is 123 cm³/mol. The first-order valence-corrected chi connectivity index (χ1v) is 11.0. The lowest BCUT2D eigenvalue weighted by Gasteiger charge is -2.47. The van der Waals surface area contributed by atoms with Gasteiger partial charge in [0.05, 0.1) is 6.54 Å². The molecular weight excluding hydrogens is 467 g/mol. The zero-order valence-corrected chi connectivity index (χ0v) is 19.6. The zero-order chi connectivity index (χ0) is 18.6. The number of piperazine rings is 3. The van der Waals surface area contributed by atoms with Gasteiger partial charge in [0.1, 0.15) is 0 Å². The molecule has 2 atom stereocenters. The highest BCUT2D eigenvalue weighted by Gasteiger charge is 2.33. The lowest BCUT2D eigenvalue weighted by atomic mass is 10.1. The van der Waals surface area contributed by atoms with Crippen molar-refractivity contribution in [3.05, 3.63) is 0 Å². The van der Waals surface area contributed by atoms with Crippen LogP contribution in [0.5, 0.6) is 0 Å². The average molecular weight is 504 g/mol. The van der Waals surface area contributed by atoms with Crippen LogP contribution in [0.2, 0.25) is 0 Å². The lowest BCUT2D eigenvalue weighted by Crippen LogP contribution is -2.62. The molecule has 5 aliphatic rings. The highest BCUT2D eigenvalue weighted by molar-refractivity contribution is 14.0. The van der Waals surface area contributed by atoms with E-state index < -0.39 is 0 Å². The maximum atomic E-state index is 12.7. The summed E-state index contributed by atoms with van der Waals surface area (Å²) in [6, 6.07) is 0.868. The molecule has 2 unspecified atom stereocenters. The minimum absolute atomic E-state index is 0. The number of halogens is 1. The number of hydrogen-bond acceptors (Lipinski definition) is 4. The molecule has 0 aromatic carbocycles. The third kappa shape index (κ3) is 5.30. The normalized spacial score (nSPS) is 33.0. The van der Waals surface area contributed by atoms with Crippen LogP contribution in [0.4, 0.5) is 0 Å². The van der Waals surface area contributed by atoms with Crippen molar-refractivity contribution < 1.29 is 4.79 Å². The Morgan fingerprint density at radius 3 is 2.43 bits per heavy atom. The molecule has 4 heterocycles. The predicted octanol–water partition coefficient (Wildman–Crippen LogP) is 0.950. The van der Waals surface area contributed by atoms with Crippen LogP contribution in [0.3, 0.4) is 0 Å². The highest BCUT2D eigenvalue weighted by atomic mass is 127. The summed E-state index contributed by atoms with van der Waals surface area (Å²) in [5, 5.41) is 6.98. The van der Waals surface area contributed by atoms with Crippen LogP contribution in [-0.2, 0) is 4.79 Å².